The Morgan fingerprint density at radius 3 is 2.91 bits per heavy atom. The van der Waals surface area contributed by atoms with Crippen LogP contribution in [0.3, 0.4) is 0 Å². The average Bonchev–Trinajstić information content (AvgIpc) is 3.15. The summed E-state index contributed by atoms with van der Waals surface area (Å²) < 4.78 is 1.75. The number of nitrogens with one attached hydrogen (secondary N) is 1. The van der Waals surface area contributed by atoms with Crippen molar-refractivity contribution in [3.05, 3.63) is 46.7 Å². The van der Waals surface area contributed by atoms with E-state index in [-0.39, 0.29) is 24.4 Å². The van der Waals surface area contributed by atoms with Gasteiger partial charge in [0.05, 0.1) is 23.1 Å². The summed E-state index contributed by atoms with van der Waals surface area (Å²) in [5, 5.41) is 8.28. The lowest BCUT2D eigenvalue weighted by Gasteiger charge is -2.23. The number of rotatable bonds is 3. The Hall–Kier alpha value is -1.56. The highest BCUT2D eigenvalue weighted by Gasteiger charge is 2.26. The molecule has 1 saturated heterocycles. The normalized spacial score (nSPS) is 16.9. The Kier molecular flexibility index (Phi) is 5.68. The molecule has 0 radical (unpaired) electrons. The van der Waals surface area contributed by atoms with Gasteiger partial charge in [-0.3, -0.25) is 4.79 Å². The smallest absolute Gasteiger partial charge is 0.257 e. The largest absolute Gasteiger partial charge is 0.337 e. The number of carbonyl (C=O) groups is 1. The Labute approximate surface area is 147 Å². The van der Waals surface area contributed by atoms with Gasteiger partial charge in [-0.25, -0.2) is 4.68 Å². The van der Waals surface area contributed by atoms with E-state index in [1.807, 2.05) is 43.1 Å². The molecule has 124 valence electrons. The van der Waals surface area contributed by atoms with Crippen LogP contribution in [0.25, 0.3) is 5.69 Å². The number of likely N-dealkylation sites (N-methyl/N-ethyl adjacent to an activating group) is 1. The van der Waals surface area contributed by atoms with Gasteiger partial charge in [0.25, 0.3) is 5.91 Å². The fourth-order valence-electron chi connectivity index (χ4n) is 2.81. The van der Waals surface area contributed by atoms with Gasteiger partial charge in [-0.15, -0.1) is 12.4 Å². The Balaban J connectivity index is 0.00000192. The number of hydrogen-bond acceptors (Lipinski definition) is 3. The maximum absolute atomic E-state index is 12.7. The monoisotopic (exact) mass is 354 g/mol. The van der Waals surface area contributed by atoms with Gasteiger partial charge in [-0.1, -0.05) is 17.7 Å². The molecule has 1 aromatic carbocycles. The number of amides is 1. The fraction of sp³-hybridized carbons (Fsp3) is 0.375. The molecule has 0 aliphatic carbocycles. The summed E-state index contributed by atoms with van der Waals surface area (Å²) in [5.74, 6) is 0.0134. The third-order valence-electron chi connectivity index (χ3n) is 4.20. The van der Waals surface area contributed by atoms with Gasteiger partial charge in [0.15, 0.2) is 0 Å². The molecule has 2 heterocycles. The molecule has 1 N–H and O–H groups in total. The number of carbonyl (C=O) groups excluding carboxylic acids is 1. The summed E-state index contributed by atoms with van der Waals surface area (Å²) in [6, 6.07) is 7.69. The standard InChI is InChI=1S/C16H19ClN4O.ClH/c1-11-15(16(22)20(2)14-6-7-18-9-14)10-19-21(11)13-5-3-4-12(17)8-13;/h3-5,8,10,14,18H,6-7,9H2,1-2H3;1H. The molecule has 1 aliphatic rings. The lowest BCUT2D eigenvalue weighted by atomic mass is 10.1. The number of halogens is 2. The van der Waals surface area contributed by atoms with Crippen LogP contribution in [0.2, 0.25) is 5.02 Å². The Morgan fingerprint density at radius 2 is 2.26 bits per heavy atom. The van der Waals surface area contributed by atoms with E-state index < -0.39 is 0 Å². The van der Waals surface area contributed by atoms with Gasteiger partial charge in [-0.05, 0) is 38.1 Å². The zero-order valence-corrected chi connectivity index (χ0v) is 14.7. The fourth-order valence-corrected chi connectivity index (χ4v) is 3.00. The highest BCUT2D eigenvalue weighted by Crippen LogP contribution is 2.20. The van der Waals surface area contributed by atoms with Gasteiger partial charge in [0, 0.05) is 24.7 Å². The van der Waals surface area contributed by atoms with Crippen LogP contribution in [-0.2, 0) is 0 Å². The van der Waals surface area contributed by atoms with Crippen molar-refractivity contribution in [3.8, 4) is 5.69 Å². The molecule has 2 aromatic rings. The van der Waals surface area contributed by atoms with Crippen LogP contribution in [0, 0.1) is 6.92 Å². The van der Waals surface area contributed by atoms with Crippen LogP contribution in [0.1, 0.15) is 22.5 Å². The van der Waals surface area contributed by atoms with E-state index in [0.29, 0.717) is 10.6 Å². The van der Waals surface area contributed by atoms with Gasteiger partial charge in [0.1, 0.15) is 0 Å². The van der Waals surface area contributed by atoms with E-state index in [2.05, 4.69) is 10.4 Å². The predicted molar refractivity (Wildman–Crippen MR) is 93.9 cm³/mol. The topological polar surface area (TPSA) is 50.2 Å². The zero-order valence-electron chi connectivity index (χ0n) is 13.1. The number of benzene rings is 1. The molecule has 1 fully saturated rings. The summed E-state index contributed by atoms with van der Waals surface area (Å²) in [6.07, 6.45) is 2.63. The molecular formula is C16H20Cl2N4O. The highest BCUT2D eigenvalue weighted by atomic mass is 35.5. The summed E-state index contributed by atoms with van der Waals surface area (Å²) >= 11 is 6.03. The minimum atomic E-state index is 0. The van der Waals surface area contributed by atoms with Crippen LogP contribution >= 0.6 is 24.0 Å². The average molecular weight is 355 g/mol. The van der Waals surface area contributed by atoms with Crippen molar-refractivity contribution in [3.63, 3.8) is 0 Å². The van der Waals surface area contributed by atoms with Crippen LogP contribution in [0.15, 0.2) is 30.5 Å². The number of hydrogen-bond donors (Lipinski definition) is 1. The van der Waals surface area contributed by atoms with Crippen molar-refractivity contribution in [2.75, 3.05) is 20.1 Å². The van der Waals surface area contributed by atoms with E-state index in [0.717, 1.165) is 30.9 Å². The van der Waals surface area contributed by atoms with Crippen molar-refractivity contribution in [1.29, 1.82) is 0 Å². The highest BCUT2D eigenvalue weighted by molar-refractivity contribution is 6.30. The van der Waals surface area contributed by atoms with E-state index >= 15 is 0 Å². The maximum Gasteiger partial charge on any atom is 0.257 e. The molecule has 1 aliphatic heterocycles. The third kappa shape index (κ3) is 3.52. The Bertz CT molecular complexity index is 695. The quantitative estimate of drug-likeness (QED) is 0.921. The molecule has 0 bridgehead atoms. The van der Waals surface area contributed by atoms with Gasteiger partial charge in [-0.2, -0.15) is 5.10 Å². The number of nitrogens with zero attached hydrogens (tertiary/aromatic N) is 3. The SMILES string of the molecule is Cc1c(C(=O)N(C)C2CCNC2)cnn1-c1cccc(Cl)c1.Cl. The number of aromatic nitrogens is 2. The van der Waals surface area contributed by atoms with Crippen molar-refractivity contribution in [1.82, 2.24) is 20.0 Å². The molecule has 7 heteroatoms. The summed E-state index contributed by atoms with van der Waals surface area (Å²) in [6.45, 7) is 3.72. The summed E-state index contributed by atoms with van der Waals surface area (Å²) in [5.41, 5.74) is 2.31. The second-order valence-electron chi connectivity index (χ2n) is 5.60. The van der Waals surface area contributed by atoms with E-state index in [1.165, 1.54) is 0 Å². The zero-order chi connectivity index (χ0) is 15.7. The van der Waals surface area contributed by atoms with Crippen LogP contribution in [0.5, 0.6) is 0 Å². The first-order chi connectivity index (χ1) is 10.6. The Morgan fingerprint density at radius 1 is 1.48 bits per heavy atom. The molecule has 0 spiro atoms. The van der Waals surface area contributed by atoms with E-state index in [9.17, 15) is 4.79 Å². The molecule has 1 aromatic heterocycles. The van der Waals surface area contributed by atoms with Crippen LogP contribution < -0.4 is 5.32 Å². The lowest BCUT2D eigenvalue weighted by molar-refractivity contribution is 0.0743. The molecule has 1 amide bonds. The summed E-state index contributed by atoms with van der Waals surface area (Å²) in [7, 11) is 1.86. The second kappa shape index (κ2) is 7.34. The van der Waals surface area contributed by atoms with Gasteiger partial charge >= 0.3 is 0 Å². The first kappa shape index (κ1) is 17.8. The molecular weight excluding hydrogens is 335 g/mol. The first-order valence-electron chi connectivity index (χ1n) is 7.36. The summed E-state index contributed by atoms with van der Waals surface area (Å²) in [4.78, 5) is 14.5. The molecule has 3 rings (SSSR count). The molecule has 1 atom stereocenters. The molecule has 1 unspecified atom stereocenters. The van der Waals surface area contributed by atoms with Crippen molar-refractivity contribution < 1.29 is 4.79 Å². The van der Waals surface area contributed by atoms with E-state index in [4.69, 9.17) is 11.6 Å². The molecule has 0 saturated carbocycles. The minimum Gasteiger partial charge on any atom is -0.337 e. The minimum absolute atomic E-state index is 0. The first-order valence-corrected chi connectivity index (χ1v) is 7.74. The van der Waals surface area contributed by atoms with Crippen molar-refractivity contribution in [2.45, 2.75) is 19.4 Å². The maximum atomic E-state index is 12.7. The van der Waals surface area contributed by atoms with Gasteiger partial charge in [0.2, 0.25) is 0 Å². The van der Waals surface area contributed by atoms with E-state index in [1.54, 1.807) is 10.9 Å². The molecule has 5 nitrogen and oxygen atoms in total. The van der Waals surface area contributed by atoms with Crippen LogP contribution in [0.4, 0.5) is 0 Å². The third-order valence-corrected chi connectivity index (χ3v) is 4.43. The van der Waals surface area contributed by atoms with Crippen molar-refractivity contribution >= 4 is 29.9 Å². The predicted octanol–water partition coefficient (Wildman–Crippen LogP) is 2.69. The molecule has 23 heavy (non-hydrogen) atoms. The lowest BCUT2D eigenvalue weighted by Crippen LogP contribution is -2.38. The van der Waals surface area contributed by atoms with Gasteiger partial charge < -0.3 is 10.2 Å². The van der Waals surface area contributed by atoms with Crippen LogP contribution in [-0.4, -0.2) is 46.8 Å². The second-order valence-corrected chi connectivity index (χ2v) is 6.03. The van der Waals surface area contributed by atoms with Crippen molar-refractivity contribution in [2.24, 2.45) is 0 Å².